The van der Waals surface area contributed by atoms with E-state index in [-0.39, 0.29) is 29.0 Å². The Morgan fingerprint density at radius 1 is 0.732 bits per heavy atom. The molecule has 1 unspecified atom stereocenters. The van der Waals surface area contributed by atoms with E-state index in [0.717, 1.165) is 19.3 Å². The lowest BCUT2D eigenvalue weighted by molar-refractivity contribution is 0.333. The van der Waals surface area contributed by atoms with Crippen LogP contribution >= 0.6 is 0 Å². The van der Waals surface area contributed by atoms with Crippen LogP contribution in [0.2, 0.25) is 0 Å². The van der Waals surface area contributed by atoms with Crippen molar-refractivity contribution in [3.8, 4) is 39.1 Å². The topological polar surface area (TPSA) is 9.23 Å². The van der Waals surface area contributed by atoms with Crippen LogP contribution in [0.15, 0.2) is 79.4 Å². The molecule has 0 radical (unpaired) electrons. The number of rotatable bonds is 10. The monoisotopic (exact) mass is 558 g/mol. The van der Waals surface area contributed by atoms with Crippen molar-refractivity contribution >= 4 is 0 Å². The maximum absolute atomic E-state index is 15.4. The number of ether oxygens (including phenoxy) is 1. The Kier molecular flexibility index (Phi) is 8.92. The summed E-state index contributed by atoms with van der Waals surface area (Å²) in [4.78, 5) is 0. The molecule has 0 N–H and O–H groups in total. The zero-order valence-electron chi connectivity index (χ0n) is 23.3. The maximum Gasteiger partial charge on any atom is 0.201 e. The molecule has 0 spiro atoms. The average molecular weight is 559 g/mol. The van der Waals surface area contributed by atoms with E-state index in [1.165, 1.54) is 55.0 Å². The third-order valence-electron chi connectivity index (χ3n) is 8.06. The fourth-order valence-electron chi connectivity index (χ4n) is 5.77. The lowest BCUT2D eigenvalue weighted by atomic mass is 9.80. The molecule has 0 heterocycles. The molecule has 4 aromatic rings. The van der Waals surface area contributed by atoms with Gasteiger partial charge in [0.15, 0.2) is 23.2 Å². The molecule has 1 atom stereocenters. The molecule has 5 rings (SSSR count). The predicted octanol–water partition coefficient (Wildman–Crippen LogP) is 10.5. The minimum absolute atomic E-state index is 0.0432. The number of halogens is 4. The summed E-state index contributed by atoms with van der Waals surface area (Å²) >= 11 is 0. The van der Waals surface area contributed by atoms with Crippen LogP contribution in [-0.2, 0) is 12.8 Å². The van der Waals surface area contributed by atoms with Crippen molar-refractivity contribution in [1.82, 2.24) is 0 Å². The van der Waals surface area contributed by atoms with Gasteiger partial charge in [-0.25, -0.2) is 13.2 Å². The quantitative estimate of drug-likeness (QED) is 0.107. The van der Waals surface area contributed by atoms with Crippen molar-refractivity contribution in [3.63, 3.8) is 0 Å². The predicted molar refractivity (Wildman–Crippen MR) is 158 cm³/mol. The number of unbranched alkanes of at least 4 members (excludes halogenated alkanes) is 2. The standard InChI is InChI=1S/C36H34F4O/c1-3-5-6-7-23-8-9-27-22-28(15-14-26(27)21-23)31-17-16-29(33(37)34(31)38)24-10-12-25(13-11-24)30-18-19-32(41-20-4-2)36(40)35(30)39/h4,10-19,22-23H,2-3,5-9,20-21H2,1H3. The SMILES string of the molecule is C=CCOc1ccc(-c2ccc(-c3ccc(-c4ccc5c(c4)CCC(CCCCC)C5)c(F)c3F)cc2)c(F)c1F. The molecule has 0 fully saturated rings. The largest absolute Gasteiger partial charge is 0.486 e. The lowest BCUT2D eigenvalue weighted by Gasteiger charge is -2.25. The van der Waals surface area contributed by atoms with Gasteiger partial charge in [0.25, 0.3) is 0 Å². The van der Waals surface area contributed by atoms with Gasteiger partial charge in [-0.05, 0) is 65.1 Å². The summed E-state index contributed by atoms with van der Waals surface area (Å²) in [5.74, 6) is -3.48. The van der Waals surface area contributed by atoms with Crippen molar-refractivity contribution in [2.75, 3.05) is 6.61 Å². The van der Waals surface area contributed by atoms with Crippen LogP contribution in [0.5, 0.6) is 5.75 Å². The van der Waals surface area contributed by atoms with Crippen molar-refractivity contribution in [1.29, 1.82) is 0 Å². The highest BCUT2D eigenvalue weighted by Crippen LogP contribution is 2.36. The van der Waals surface area contributed by atoms with Gasteiger partial charge in [-0.2, -0.15) is 4.39 Å². The van der Waals surface area contributed by atoms with Crippen molar-refractivity contribution in [2.45, 2.75) is 51.9 Å². The Bertz CT molecular complexity index is 1540. The second kappa shape index (κ2) is 12.8. The van der Waals surface area contributed by atoms with Crippen LogP contribution in [0.3, 0.4) is 0 Å². The van der Waals surface area contributed by atoms with Crippen molar-refractivity contribution < 1.29 is 22.3 Å². The first-order valence-electron chi connectivity index (χ1n) is 14.3. The summed E-state index contributed by atoms with van der Waals surface area (Å²) in [6.45, 7) is 5.77. The second-order valence-electron chi connectivity index (χ2n) is 10.8. The van der Waals surface area contributed by atoms with Crippen LogP contribution in [0.1, 0.15) is 50.2 Å². The number of fused-ring (bicyclic) bond motifs is 1. The molecule has 41 heavy (non-hydrogen) atoms. The Labute approximate surface area is 239 Å². The summed E-state index contributed by atoms with van der Waals surface area (Å²) in [5, 5.41) is 0. The van der Waals surface area contributed by atoms with E-state index < -0.39 is 23.3 Å². The zero-order valence-corrected chi connectivity index (χ0v) is 23.3. The van der Waals surface area contributed by atoms with Gasteiger partial charge in [-0.15, -0.1) is 0 Å². The fourth-order valence-corrected chi connectivity index (χ4v) is 5.77. The summed E-state index contributed by atoms with van der Waals surface area (Å²) in [6.07, 6.45) is 9.60. The van der Waals surface area contributed by atoms with Gasteiger partial charge in [0.05, 0.1) is 0 Å². The van der Waals surface area contributed by atoms with Gasteiger partial charge in [0, 0.05) is 16.7 Å². The number of hydrogen-bond donors (Lipinski definition) is 0. The van der Waals surface area contributed by atoms with E-state index in [2.05, 4.69) is 19.6 Å². The number of benzene rings is 4. The van der Waals surface area contributed by atoms with Crippen LogP contribution in [0, 0.1) is 29.2 Å². The van der Waals surface area contributed by atoms with E-state index in [1.54, 1.807) is 36.4 Å². The van der Waals surface area contributed by atoms with E-state index in [9.17, 15) is 8.78 Å². The summed E-state index contributed by atoms with van der Waals surface area (Å²) in [5.41, 5.74) is 4.42. The second-order valence-corrected chi connectivity index (χ2v) is 10.8. The summed E-state index contributed by atoms with van der Waals surface area (Å²) in [6, 6.07) is 18.2. The van der Waals surface area contributed by atoms with Crippen LogP contribution in [-0.4, -0.2) is 6.61 Å². The molecular formula is C36H34F4O. The van der Waals surface area contributed by atoms with E-state index >= 15 is 8.78 Å². The summed E-state index contributed by atoms with van der Waals surface area (Å²) in [7, 11) is 0. The summed E-state index contributed by atoms with van der Waals surface area (Å²) < 4.78 is 65.0. The maximum atomic E-state index is 15.4. The van der Waals surface area contributed by atoms with Gasteiger partial charge in [0.1, 0.15) is 6.61 Å². The number of aryl methyl sites for hydroxylation is 1. The molecule has 1 nitrogen and oxygen atoms in total. The van der Waals surface area contributed by atoms with Gasteiger partial charge in [-0.3, -0.25) is 0 Å². The molecule has 0 bridgehead atoms. The Balaban J connectivity index is 1.35. The first kappa shape index (κ1) is 28.7. The van der Waals surface area contributed by atoms with E-state index in [1.807, 2.05) is 12.1 Å². The molecule has 212 valence electrons. The van der Waals surface area contributed by atoms with Crippen LogP contribution in [0.4, 0.5) is 17.6 Å². The van der Waals surface area contributed by atoms with E-state index in [4.69, 9.17) is 4.74 Å². The fraction of sp³-hybridized carbons (Fsp3) is 0.278. The first-order valence-corrected chi connectivity index (χ1v) is 14.3. The van der Waals surface area contributed by atoms with Gasteiger partial charge in [-0.1, -0.05) is 99.9 Å². The average Bonchev–Trinajstić information content (AvgIpc) is 2.99. The molecule has 0 saturated carbocycles. The zero-order chi connectivity index (χ0) is 28.9. The molecule has 1 aliphatic carbocycles. The number of hydrogen-bond acceptors (Lipinski definition) is 1. The van der Waals surface area contributed by atoms with Crippen molar-refractivity contribution in [3.05, 3.63) is 114 Å². The highest BCUT2D eigenvalue weighted by molar-refractivity contribution is 5.75. The molecule has 4 aromatic carbocycles. The molecule has 0 aliphatic heterocycles. The van der Waals surface area contributed by atoms with Crippen LogP contribution < -0.4 is 4.74 Å². The van der Waals surface area contributed by atoms with E-state index in [0.29, 0.717) is 22.6 Å². The van der Waals surface area contributed by atoms with Crippen molar-refractivity contribution in [2.24, 2.45) is 5.92 Å². The molecule has 5 heteroatoms. The minimum atomic E-state index is -1.09. The normalized spacial score (nSPS) is 14.5. The minimum Gasteiger partial charge on any atom is -0.486 e. The molecule has 1 aliphatic rings. The van der Waals surface area contributed by atoms with Crippen LogP contribution in [0.25, 0.3) is 33.4 Å². The Morgan fingerprint density at radius 3 is 1.95 bits per heavy atom. The smallest absolute Gasteiger partial charge is 0.201 e. The molecule has 0 saturated heterocycles. The Morgan fingerprint density at radius 2 is 1.32 bits per heavy atom. The Hall–Kier alpha value is -3.86. The first-order chi connectivity index (χ1) is 19.9. The highest BCUT2D eigenvalue weighted by atomic mass is 19.2. The van der Waals surface area contributed by atoms with Gasteiger partial charge in [0.2, 0.25) is 5.82 Å². The molecular weight excluding hydrogens is 524 g/mol. The van der Waals surface area contributed by atoms with Gasteiger partial charge < -0.3 is 4.74 Å². The lowest BCUT2D eigenvalue weighted by Crippen LogP contribution is -2.14. The molecule has 0 aromatic heterocycles. The third-order valence-corrected chi connectivity index (χ3v) is 8.06. The van der Waals surface area contributed by atoms with Gasteiger partial charge >= 0.3 is 0 Å². The highest BCUT2D eigenvalue weighted by Gasteiger charge is 2.21. The molecule has 0 amide bonds. The third kappa shape index (κ3) is 6.09.